The quantitative estimate of drug-likeness (QED) is 0.161. The van der Waals surface area contributed by atoms with Crippen LogP contribution in [0.3, 0.4) is 0 Å². The van der Waals surface area contributed by atoms with Crippen molar-refractivity contribution >= 4 is 47.4 Å². The zero-order valence-corrected chi connectivity index (χ0v) is 18.1. The Balaban J connectivity index is 0.00000338. The summed E-state index contributed by atoms with van der Waals surface area (Å²) < 4.78 is 0. The molecule has 2 rings (SSSR count). The Hall–Kier alpha value is -1.81. The number of aryl methyl sites for hydroxylation is 1. The van der Waals surface area contributed by atoms with E-state index < -0.39 is 4.92 Å². The third-order valence-electron chi connectivity index (χ3n) is 3.72. The van der Waals surface area contributed by atoms with Crippen LogP contribution in [0, 0.1) is 17.0 Å². The van der Waals surface area contributed by atoms with E-state index in [9.17, 15) is 10.1 Å². The van der Waals surface area contributed by atoms with E-state index in [-0.39, 0.29) is 29.7 Å². The minimum Gasteiger partial charge on any atom is -0.352 e. The molecule has 8 heteroatoms. The molecule has 0 unspecified atom stereocenters. The van der Waals surface area contributed by atoms with E-state index >= 15 is 0 Å². The molecule has 0 saturated heterocycles. The summed E-state index contributed by atoms with van der Waals surface area (Å²) in [6, 6.07) is 12.9. The summed E-state index contributed by atoms with van der Waals surface area (Å²) in [4.78, 5) is 15.7. The van der Waals surface area contributed by atoms with E-state index in [0.717, 1.165) is 5.56 Å². The van der Waals surface area contributed by atoms with Crippen LogP contribution >= 0.6 is 35.7 Å². The van der Waals surface area contributed by atoms with Gasteiger partial charge in [0.2, 0.25) is 0 Å². The first-order valence-electron chi connectivity index (χ1n) is 7.85. The molecule has 0 saturated carbocycles. The average molecular weight is 486 g/mol. The van der Waals surface area contributed by atoms with Crippen molar-refractivity contribution in [2.75, 3.05) is 13.3 Å². The minimum atomic E-state index is -0.400. The van der Waals surface area contributed by atoms with Gasteiger partial charge in [-0.25, -0.2) is 0 Å². The first kappa shape index (κ1) is 22.2. The number of rotatable bonds is 6. The highest BCUT2D eigenvalue weighted by molar-refractivity contribution is 14.0. The number of nitro groups is 1. The van der Waals surface area contributed by atoms with Gasteiger partial charge in [-0.05, 0) is 35.9 Å². The monoisotopic (exact) mass is 486 g/mol. The van der Waals surface area contributed by atoms with Crippen LogP contribution < -0.4 is 10.6 Å². The summed E-state index contributed by atoms with van der Waals surface area (Å²) in [5, 5.41) is 17.2. The number of nitrogens with one attached hydrogen (secondary N) is 2. The number of halogens is 1. The lowest BCUT2D eigenvalue weighted by Crippen LogP contribution is -2.36. The van der Waals surface area contributed by atoms with Gasteiger partial charge in [-0.3, -0.25) is 15.1 Å². The van der Waals surface area contributed by atoms with E-state index in [1.807, 2.05) is 0 Å². The topological polar surface area (TPSA) is 79.6 Å². The van der Waals surface area contributed by atoms with Gasteiger partial charge in [0.05, 0.1) is 4.92 Å². The molecule has 6 nitrogen and oxygen atoms in total. The van der Waals surface area contributed by atoms with Gasteiger partial charge in [-0.1, -0.05) is 24.3 Å². The Morgan fingerprint density at radius 1 is 1.15 bits per heavy atom. The number of thioether (sulfide) groups is 1. The molecule has 0 amide bonds. The highest BCUT2D eigenvalue weighted by atomic mass is 127. The molecule has 2 aromatic carbocycles. The summed E-state index contributed by atoms with van der Waals surface area (Å²) in [5.74, 6) is 0.686. The Bertz CT molecular complexity index is 766. The molecule has 0 heterocycles. The largest absolute Gasteiger partial charge is 0.352 e. The molecule has 0 aliphatic rings. The molecule has 2 aromatic rings. The number of hydrogen-bond acceptors (Lipinski definition) is 4. The summed E-state index contributed by atoms with van der Waals surface area (Å²) >= 11 is 1.73. The second-order valence-corrected chi connectivity index (χ2v) is 6.37. The van der Waals surface area contributed by atoms with Crippen LogP contribution in [0.5, 0.6) is 0 Å². The van der Waals surface area contributed by atoms with E-state index in [0.29, 0.717) is 19.0 Å². The molecule has 26 heavy (non-hydrogen) atoms. The molecule has 0 fully saturated rings. The van der Waals surface area contributed by atoms with Crippen LogP contribution in [0.25, 0.3) is 0 Å². The summed E-state index contributed by atoms with van der Waals surface area (Å²) in [5.41, 5.74) is 3.51. The minimum absolute atomic E-state index is 0. The zero-order valence-electron chi connectivity index (χ0n) is 15.0. The molecule has 0 aliphatic heterocycles. The maximum atomic E-state index is 10.7. The lowest BCUT2D eigenvalue weighted by molar-refractivity contribution is -0.384. The van der Waals surface area contributed by atoms with E-state index in [2.05, 4.69) is 47.0 Å². The molecule has 0 radical (unpaired) electrons. The SMILES string of the molecule is CN=C(NCc1ccc([N+](=O)[O-])cc1)NCc1ccc(C)cc1SC.I. The van der Waals surface area contributed by atoms with E-state index in [1.165, 1.54) is 28.2 Å². The fourth-order valence-corrected chi connectivity index (χ4v) is 3.02. The average Bonchev–Trinajstić information content (AvgIpc) is 2.63. The smallest absolute Gasteiger partial charge is 0.269 e. The van der Waals surface area contributed by atoms with Gasteiger partial charge < -0.3 is 10.6 Å². The number of non-ortho nitro benzene ring substituents is 1. The predicted octanol–water partition coefficient (Wildman–Crippen LogP) is 4.11. The second-order valence-electron chi connectivity index (χ2n) is 5.52. The Labute approximate surface area is 175 Å². The van der Waals surface area contributed by atoms with Crippen molar-refractivity contribution in [3.05, 3.63) is 69.3 Å². The number of nitrogens with zero attached hydrogens (tertiary/aromatic N) is 2. The second kappa shape index (κ2) is 11.0. The number of aliphatic imine (C=N–C) groups is 1. The van der Waals surface area contributed by atoms with Crippen molar-refractivity contribution in [2.24, 2.45) is 4.99 Å². The van der Waals surface area contributed by atoms with Gasteiger partial charge in [0.1, 0.15) is 0 Å². The molecule has 2 N–H and O–H groups in total. The van der Waals surface area contributed by atoms with Crippen molar-refractivity contribution in [1.29, 1.82) is 0 Å². The van der Waals surface area contributed by atoms with Crippen molar-refractivity contribution in [2.45, 2.75) is 24.9 Å². The van der Waals surface area contributed by atoms with Crippen LogP contribution in [0.15, 0.2) is 52.4 Å². The molecule has 0 bridgehead atoms. The molecular weight excluding hydrogens is 463 g/mol. The number of nitro benzene ring substituents is 1. The van der Waals surface area contributed by atoms with Gasteiger partial charge in [0.25, 0.3) is 5.69 Å². The molecule has 0 atom stereocenters. The first-order chi connectivity index (χ1) is 12.0. The van der Waals surface area contributed by atoms with Gasteiger partial charge in [0, 0.05) is 37.2 Å². The third-order valence-corrected chi connectivity index (χ3v) is 4.54. The highest BCUT2D eigenvalue weighted by Gasteiger charge is 2.06. The number of benzene rings is 2. The predicted molar refractivity (Wildman–Crippen MR) is 119 cm³/mol. The van der Waals surface area contributed by atoms with E-state index in [4.69, 9.17) is 0 Å². The lowest BCUT2D eigenvalue weighted by Gasteiger charge is -2.14. The number of hydrogen-bond donors (Lipinski definition) is 2. The molecular formula is C18H23IN4O2S. The molecule has 0 aromatic heterocycles. The Morgan fingerprint density at radius 3 is 2.38 bits per heavy atom. The zero-order chi connectivity index (χ0) is 18.2. The Kier molecular flexibility index (Phi) is 9.42. The van der Waals surface area contributed by atoms with Crippen LogP contribution in [-0.4, -0.2) is 24.2 Å². The molecule has 0 spiro atoms. The van der Waals surface area contributed by atoms with Gasteiger partial charge in [0.15, 0.2) is 5.96 Å². The third kappa shape index (κ3) is 6.49. The van der Waals surface area contributed by atoms with Crippen LogP contribution in [0.1, 0.15) is 16.7 Å². The molecule has 0 aliphatic carbocycles. The fraction of sp³-hybridized carbons (Fsp3) is 0.278. The maximum absolute atomic E-state index is 10.7. The van der Waals surface area contributed by atoms with Crippen molar-refractivity contribution in [1.82, 2.24) is 10.6 Å². The normalized spacial score (nSPS) is 10.8. The molecule has 140 valence electrons. The standard InChI is InChI=1S/C18H22N4O2S.HI/c1-13-4-7-15(17(10-13)25-3)12-21-18(19-2)20-11-14-5-8-16(9-6-14)22(23)24;/h4-10H,11-12H2,1-3H3,(H2,19,20,21);1H. The van der Waals surface area contributed by atoms with E-state index in [1.54, 1.807) is 30.9 Å². The Morgan fingerprint density at radius 2 is 1.81 bits per heavy atom. The van der Waals surface area contributed by atoms with Crippen molar-refractivity contribution in [3.63, 3.8) is 0 Å². The van der Waals surface area contributed by atoms with Crippen LogP contribution in [0.2, 0.25) is 0 Å². The van der Waals surface area contributed by atoms with Gasteiger partial charge in [-0.2, -0.15) is 0 Å². The maximum Gasteiger partial charge on any atom is 0.269 e. The summed E-state index contributed by atoms with van der Waals surface area (Å²) in [7, 11) is 1.72. The van der Waals surface area contributed by atoms with Gasteiger partial charge >= 0.3 is 0 Å². The summed E-state index contributed by atoms with van der Waals surface area (Å²) in [6.45, 7) is 3.30. The fourth-order valence-electron chi connectivity index (χ4n) is 2.32. The van der Waals surface area contributed by atoms with Crippen LogP contribution in [-0.2, 0) is 13.1 Å². The highest BCUT2D eigenvalue weighted by Crippen LogP contribution is 2.21. The van der Waals surface area contributed by atoms with Gasteiger partial charge in [-0.15, -0.1) is 35.7 Å². The number of guanidine groups is 1. The lowest BCUT2D eigenvalue weighted by atomic mass is 10.1. The first-order valence-corrected chi connectivity index (χ1v) is 9.07. The van der Waals surface area contributed by atoms with Crippen molar-refractivity contribution in [3.8, 4) is 0 Å². The van der Waals surface area contributed by atoms with Crippen LogP contribution in [0.4, 0.5) is 5.69 Å². The summed E-state index contributed by atoms with van der Waals surface area (Å²) in [6.07, 6.45) is 2.07. The van der Waals surface area contributed by atoms with Crippen molar-refractivity contribution < 1.29 is 4.92 Å².